The number of aromatic nitrogens is 1. The van der Waals surface area contributed by atoms with E-state index in [9.17, 15) is 14.0 Å². The average molecular weight is 474 g/mol. The number of rotatable bonds is 6. The summed E-state index contributed by atoms with van der Waals surface area (Å²) in [6.45, 7) is 8.33. The van der Waals surface area contributed by atoms with Crippen LogP contribution in [0.5, 0.6) is 0 Å². The van der Waals surface area contributed by atoms with Crippen molar-refractivity contribution in [3.63, 3.8) is 0 Å². The fraction of sp³-hybridized carbons (Fsp3) is 0.480. The summed E-state index contributed by atoms with van der Waals surface area (Å²) in [6.07, 6.45) is 3.36. The van der Waals surface area contributed by atoms with Crippen molar-refractivity contribution in [3.8, 4) is 0 Å². The van der Waals surface area contributed by atoms with Gasteiger partial charge in [0, 0.05) is 55.4 Å². The zero-order valence-corrected chi connectivity index (χ0v) is 20.0. The number of pyridine rings is 1. The number of halogens is 2. The molecule has 1 atom stereocenters. The maximum Gasteiger partial charge on any atom is 0.410 e. The van der Waals surface area contributed by atoms with Gasteiger partial charge in [-0.05, 0) is 68.5 Å². The van der Waals surface area contributed by atoms with Crippen molar-refractivity contribution in [2.24, 2.45) is 0 Å². The predicted molar refractivity (Wildman–Crippen MR) is 124 cm³/mol. The predicted octanol–water partition coefficient (Wildman–Crippen LogP) is 4.72. The van der Waals surface area contributed by atoms with Gasteiger partial charge in [-0.2, -0.15) is 0 Å². The van der Waals surface area contributed by atoms with Gasteiger partial charge in [-0.25, -0.2) is 9.18 Å². The Kier molecular flexibility index (Phi) is 7.00. The van der Waals surface area contributed by atoms with Gasteiger partial charge in [0.2, 0.25) is 0 Å². The van der Waals surface area contributed by atoms with Gasteiger partial charge in [0.25, 0.3) is 0 Å². The Morgan fingerprint density at radius 3 is 2.58 bits per heavy atom. The molecule has 1 aliphatic heterocycles. The number of aryl methyl sites for hydroxylation is 1. The number of carbonyl (C=O) groups is 2. The Balaban J connectivity index is 1.43. The molecule has 1 saturated carbocycles. The van der Waals surface area contributed by atoms with Crippen molar-refractivity contribution in [1.29, 1.82) is 0 Å². The van der Waals surface area contributed by atoms with Crippen molar-refractivity contribution in [2.75, 3.05) is 19.6 Å². The van der Waals surface area contributed by atoms with Crippen LogP contribution in [0.3, 0.4) is 0 Å². The van der Waals surface area contributed by atoms with Crippen molar-refractivity contribution in [1.82, 2.24) is 14.8 Å². The summed E-state index contributed by atoms with van der Waals surface area (Å²) in [5.74, 6) is -0.687. The molecule has 1 aliphatic carbocycles. The van der Waals surface area contributed by atoms with E-state index in [-0.39, 0.29) is 41.7 Å². The molecule has 0 N–H and O–H groups in total. The molecule has 1 aromatic carbocycles. The largest absolute Gasteiger partial charge is 0.446 e. The van der Waals surface area contributed by atoms with Gasteiger partial charge in [0.15, 0.2) is 5.78 Å². The van der Waals surface area contributed by atoms with Crippen LogP contribution in [0.1, 0.15) is 52.5 Å². The molecule has 0 unspecified atom stereocenters. The Bertz CT molecular complexity index is 1070. The van der Waals surface area contributed by atoms with Gasteiger partial charge in [0.1, 0.15) is 11.9 Å². The molecule has 0 radical (unpaired) electrons. The smallest absolute Gasteiger partial charge is 0.410 e. The van der Waals surface area contributed by atoms with Gasteiger partial charge in [0.05, 0.1) is 5.69 Å². The average Bonchev–Trinajstić information content (AvgIpc) is 3.57. The molecule has 33 heavy (non-hydrogen) atoms. The highest BCUT2D eigenvalue weighted by Gasteiger charge is 2.33. The topological polar surface area (TPSA) is 62.7 Å². The molecule has 2 aromatic rings. The van der Waals surface area contributed by atoms with Gasteiger partial charge in [-0.1, -0.05) is 11.6 Å². The second-order valence-corrected chi connectivity index (χ2v) is 9.54. The van der Waals surface area contributed by atoms with Crippen LogP contribution in [-0.2, 0) is 17.7 Å². The minimum Gasteiger partial charge on any atom is -0.446 e. The van der Waals surface area contributed by atoms with Gasteiger partial charge in [-0.3, -0.25) is 14.7 Å². The van der Waals surface area contributed by atoms with Crippen LogP contribution in [0.25, 0.3) is 0 Å². The fourth-order valence-corrected chi connectivity index (χ4v) is 4.43. The van der Waals surface area contributed by atoms with Crippen LogP contribution in [0.15, 0.2) is 24.4 Å². The highest BCUT2D eigenvalue weighted by Crippen LogP contribution is 2.27. The maximum absolute atomic E-state index is 13.8. The van der Waals surface area contributed by atoms with E-state index in [2.05, 4.69) is 9.88 Å². The van der Waals surface area contributed by atoms with E-state index in [1.54, 1.807) is 17.9 Å². The molecule has 2 heterocycles. The lowest BCUT2D eigenvalue weighted by Gasteiger charge is -2.39. The summed E-state index contributed by atoms with van der Waals surface area (Å²) < 4.78 is 19.3. The van der Waals surface area contributed by atoms with Gasteiger partial charge in [-0.15, -0.1) is 0 Å². The van der Waals surface area contributed by atoms with Crippen molar-refractivity contribution >= 4 is 23.5 Å². The van der Waals surface area contributed by atoms with Crippen LogP contribution in [0, 0.1) is 19.7 Å². The normalized spacial score (nSPS) is 18.9. The third-order valence-corrected chi connectivity index (χ3v) is 6.64. The second kappa shape index (κ2) is 9.77. The molecule has 1 aromatic heterocycles. The Morgan fingerprint density at radius 1 is 1.18 bits per heavy atom. The van der Waals surface area contributed by atoms with Crippen LogP contribution in [0.2, 0.25) is 5.02 Å². The SMILES string of the molecule is Cc1ncc(C(=O)Cc2cc(Cl)cc(CN3CCN(C(=O)OC4CC4)[C@@H](C)C3)c2C)cc1F. The lowest BCUT2D eigenvalue weighted by Crippen LogP contribution is -2.53. The molecule has 2 aliphatic rings. The summed E-state index contributed by atoms with van der Waals surface area (Å²) in [5, 5.41) is 0.561. The van der Waals surface area contributed by atoms with Crippen LogP contribution < -0.4 is 0 Å². The van der Waals surface area contributed by atoms with E-state index in [1.165, 1.54) is 12.3 Å². The van der Waals surface area contributed by atoms with Crippen LogP contribution in [0.4, 0.5) is 9.18 Å². The molecular weight excluding hydrogens is 445 g/mol. The number of amides is 1. The van der Waals surface area contributed by atoms with Gasteiger partial charge < -0.3 is 9.64 Å². The summed E-state index contributed by atoms with van der Waals surface area (Å²) in [6, 6.07) is 5.01. The summed E-state index contributed by atoms with van der Waals surface area (Å²) in [4.78, 5) is 33.1. The highest BCUT2D eigenvalue weighted by atomic mass is 35.5. The zero-order valence-electron chi connectivity index (χ0n) is 19.2. The van der Waals surface area contributed by atoms with E-state index < -0.39 is 5.82 Å². The van der Waals surface area contributed by atoms with Gasteiger partial charge >= 0.3 is 6.09 Å². The number of nitrogens with zero attached hydrogens (tertiary/aromatic N) is 3. The molecule has 6 nitrogen and oxygen atoms in total. The van der Waals surface area contributed by atoms with E-state index in [1.807, 2.05) is 19.9 Å². The molecule has 1 saturated heterocycles. The molecule has 176 valence electrons. The lowest BCUT2D eigenvalue weighted by atomic mass is 9.96. The third-order valence-electron chi connectivity index (χ3n) is 6.42. The Hall–Kier alpha value is -2.51. The summed E-state index contributed by atoms with van der Waals surface area (Å²) >= 11 is 6.39. The molecule has 0 spiro atoms. The van der Waals surface area contributed by atoms with E-state index in [0.29, 0.717) is 18.1 Å². The van der Waals surface area contributed by atoms with Crippen molar-refractivity contribution in [2.45, 2.75) is 58.7 Å². The minimum absolute atomic E-state index is 0.0504. The quantitative estimate of drug-likeness (QED) is 0.568. The lowest BCUT2D eigenvalue weighted by molar-refractivity contribution is 0.0457. The fourth-order valence-electron chi connectivity index (χ4n) is 4.16. The zero-order chi connectivity index (χ0) is 23.7. The highest BCUT2D eigenvalue weighted by molar-refractivity contribution is 6.30. The monoisotopic (exact) mass is 473 g/mol. The molecule has 1 amide bonds. The molecule has 0 bridgehead atoms. The summed E-state index contributed by atoms with van der Waals surface area (Å²) in [5.41, 5.74) is 3.38. The number of ketones is 1. The second-order valence-electron chi connectivity index (χ2n) is 9.10. The maximum atomic E-state index is 13.8. The minimum atomic E-state index is -0.487. The molecular formula is C25H29ClFN3O3. The number of hydrogen-bond acceptors (Lipinski definition) is 5. The first-order chi connectivity index (χ1) is 15.7. The van der Waals surface area contributed by atoms with Crippen LogP contribution in [-0.4, -0.2) is 58.4 Å². The third kappa shape index (κ3) is 5.71. The number of piperazine rings is 1. The van der Waals surface area contributed by atoms with E-state index in [4.69, 9.17) is 16.3 Å². The first kappa shape index (κ1) is 23.6. The van der Waals surface area contributed by atoms with E-state index >= 15 is 0 Å². The number of benzene rings is 1. The molecule has 8 heteroatoms. The van der Waals surface area contributed by atoms with Crippen LogP contribution >= 0.6 is 11.6 Å². The number of carbonyl (C=O) groups excluding carboxylic acids is 2. The summed E-state index contributed by atoms with van der Waals surface area (Å²) in [7, 11) is 0. The Labute approximate surface area is 198 Å². The first-order valence-electron chi connectivity index (χ1n) is 11.3. The van der Waals surface area contributed by atoms with E-state index in [0.717, 1.165) is 42.6 Å². The van der Waals surface area contributed by atoms with Crippen molar-refractivity contribution in [3.05, 3.63) is 63.2 Å². The number of hydrogen-bond donors (Lipinski definition) is 0. The standard InChI is InChI=1S/C25H29ClFN3O3/c1-15-13-29(6-7-30(15)25(32)33-22-4-5-22)14-20-9-21(26)8-18(16(20)2)11-24(31)19-10-23(27)17(3)28-12-19/h8-10,12,15,22H,4-7,11,13-14H2,1-3H3/t15-/m0/s1. The first-order valence-corrected chi connectivity index (χ1v) is 11.7. The Morgan fingerprint density at radius 2 is 1.91 bits per heavy atom. The number of ether oxygens (including phenoxy) is 1. The molecule has 4 rings (SSSR count). The van der Waals surface area contributed by atoms with Crippen molar-refractivity contribution < 1.29 is 18.7 Å². The molecule has 2 fully saturated rings. The number of Topliss-reactive ketones (excluding diaryl/α,β-unsaturated/α-hetero) is 1.